The number of fused-ring (bicyclic) bond motifs is 1. The molecular weight excluding hydrogens is 306 g/mol. The number of hydroxylamine groups is 1. The van der Waals surface area contributed by atoms with Gasteiger partial charge in [-0.15, -0.1) is 0 Å². The highest BCUT2D eigenvalue weighted by Gasteiger charge is 2.12. The normalized spacial score (nSPS) is 10.9. The maximum Gasteiger partial charge on any atom is 0.274 e. The number of hydrogen-bond donors (Lipinski definition) is 3. The summed E-state index contributed by atoms with van der Waals surface area (Å²) in [6, 6.07) is 18.5. The molecule has 118 valence electrons. The van der Waals surface area contributed by atoms with Crippen LogP contribution in [-0.4, -0.2) is 21.1 Å². The molecule has 0 saturated heterocycles. The number of benzene rings is 2. The standard InChI is InChI=1S/C18H13N3O3/c22-18(21-23)12-6-7-13-14(10-12)20-17(19-13)16-9-8-15(24-16)11-4-2-1-3-5-11/h1-10,23H,(H,19,20)(H,21,22). The Kier molecular flexibility index (Phi) is 3.36. The van der Waals surface area contributed by atoms with E-state index in [4.69, 9.17) is 9.62 Å². The van der Waals surface area contributed by atoms with E-state index in [0.717, 1.165) is 11.3 Å². The summed E-state index contributed by atoms with van der Waals surface area (Å²) in [5.74, 6) is 1.37. The van der Waals surface area contributed by atoms with Gasteiger partial charge >= 0.3 is 0 Å². The molecule has 0 bridgehead atoms. The average Bonchev–Trinajstić information content (AvgIpc) is 3.27. The molecule has 0 saturated carbocycles. The summed E-state index contributed by atoms with van der Waals surface area (Å²) in [5, 5.41) is 8.71. The zero-order chi connectivity index (χ0) is 16.5. The molecule has 0 aliphatic carbocycles. The number of nitrogens with one attached hydrogen (secondary N) is 2. The number of rotatable bonds is 3. The number of nitrogens with zero attached hydrogens (tertiary/aromatic N) is 1. The Balaban J connectivity index is 1.72. The van der Waals surface area contributed by atoms with Crippen molar-refractivity contribution in [3.8, 4) is 22.9 Å². The zero-order valence-electron chi connectivity index (χ0n) is 12.5. The zero-order valence-corrected chi connectivity index (χ0v) is 12.5. The Labute approximate surface area is 136 Å². The van der Waals surface area contributed by atoms with Crippen LogP contribution in [0.1, 0.15) is 10.4 Å². The van der Waals surface area contributed by atoms with E-state index in [1.807, 2.05) is 42.5 Å². The summed E-state index contributed by atoms with van der Waals surface area (Å²) < 4.78 is 5.87. The van der Waals surface area contributed by atoms with E-state index in [-0.39, 0.29) is 0 Å². The van der Waals surface area contributed by atoms with E-state index in [9.17, 15) is 4.79 Å². The Bertz CT molecular complexity index is 1020. The first-order valence-electron chi connectivity index (χ1n) is 7.34. The van der Waals surface area contributed by atoms with Gasteiger partial charge in [0.2, 0.25) is 0 Å². The second-order valence-corrected chi connectivity index (χ2v) is 5.29. The van der Waals surface area contributed by atoms with Crippen LogP contribution in [0.5, 0.6) is 0 Å². The minimum Gasteiger partial charge on any atom is -0.453 e. The van der Waals surface area contributed by atoms with Gasteiger partial charge in [0.1, 0.15) is 5.76 Å². The van der Waals surface area contributed by atoms with Crippen molar-refractivity contribution in [3.63, 3.8) is 0 Å². The van der Waals surface area contributed by atoms with Crippen molar-refractivity contribution >= 4 is 16.9 Å². The van der Waals surface area contributed by atoms with Gasteiger partial charge < -0.3 is 9.40 Å². The molecule has 0 radical (unpaired) electrons. The van der Waals surface area contributed by atoms with E-state index >= 15 is 0 Å². The lowest BCUT2D eigenvalue weighted by atomic mass is 10.2. The smallest absolute Gasteiger partial charge is 0.274 e. The summed E-state index contributed by atoms with van der Waals surface area (Å²) in [4.78, 5) is 19.1. The van der Waals surface area contributed by atoms with Crippen LogP contribution < -0.4 is 5.48 Å². The van der Waals surface area contributed by atoms with Crippen molar-refractivity contribution in [1.82, 2.24) is 15.4 Å². The van der Waals surface area contributed by atoms with Crippen LogP contribution in [0.4, 0.5) is 0 Å². The summed E-state index contributed by atoms with van der Waals surface area (Å²) in [6.45, 7) is 0. The highest BCUT2D eigenvalue weighted by atomic mass is 16.5. The SMILES string of the molecule is O=C(NO)c1ccc2nc(-c3ccc(-c4ccccc4)o3)[nH]c2c1. The number of aromatic nitrogens is 2. The van der Waals surface area contributed by atoms with Crippen molar-refractivity contribution in [2.45, 2.75) is 0 Å². The van der Waals surface area contributed by atoms with Crippen LogP contribution in [0.15, 0.2) is 65.1 Å². The molecule has 6 nitrogen and oxygen atoms in total. The fourth-order valence-electron chi connectivity index (χ4n) is 2.55. The highest BCUT2D eigenvalue weighted by Crippen LogP contribution is 2.28. The Morgan fingerprint density at radius 2 is 1.83 bits per heavy atom. The molecule has 2 aromatic heterocycles. The number of amides is 1. The number of hydrogen-bond acceptors (Lipinski definition) is 4. The van der Waals surface area contributed by atoms with Crippen molar-refractivity contribution in [1.29, 1.82) is 0 Å². The molecule has 1 amide bonds. The molecule has 4 rings (SSSR count). The predicted octanol–water partition coefficient (Wildman–Crippen LogP) is 3.61. The number of furan rings is 1. The van der Waals surface area contributed by atoms with E-state index in [1.54, 1.807) is 23.7 Å². The summed E-state index contributed by atoms with van der Waals surface area (Å²) in [7, 11) is 0. The molecule has 6 heteroatoms. The van der Waals surface area contributed by atoms with Crippen LogP contribution in [0.3, 0.4) is 0 Å². The van der Waals surface area contributed by atoms with Gasteiger partial charge in [0.05, 0.1) is 11.0 Å². The van der Waals surface area contributed by atoms with E-state index < -0.39 is 5.91 Å². The van der Waals surface area contributed by atoms with Crippen LogP contribution in [0.25, 0.3) is 33.9 Å². The van der Waals surface area contributed by atoms with Gasteiger partial charge in [-0.1, -0.05) is 30.3 Å². The monoisotopic (exact) mass is 319 g/mol. The number of imidazole rings is 1. The van der Waals surface area contributed by atoms with Crippen molar-refractivity contribution in [2.24, 2.45) is 0 Å². The molecule has 2 heterocycles. The molecule has 0 aliphatic heterocycles. The van der Waals surface area contributed by atoms with Crippen LogP contribution >= 0.6 is 0 Å². The third kappa shape index (κ3) is 2.45. The molecule has 0 spiro atoms. The lowest BCUT2D eigenvalue weighted by Crippen LogP contribution is -2.18. The molecule has 0 aliphatic rings. The van der Waals surface area contributed by atoms with Crippen LogP contribution in [-0.2, 0) is 0 Å². The molecule has 24 heavy (non-hydrogen) atoms. The summed E-state index contributed by atoms with van der Waals surface area (Å²) in [6.07, 6.45) is 0. The van der Waals surface area contributed by atoms with E-state index in [0.29, 0.717) is 28.2 Å². The van der Waals surface area contributed by atoms with Crippen molar-refractivity contribution in [3.05, 3.63) is 66.2 Å². The quantitative estimate of drug-likeness (QED) is 0.397. The molecule has 0 fully saturated rings. The fourth-order valence-corrected chi connectivity index (χ4v) is 2.55. The van der Waals surface area contributed by atoms with Gasteiger partial charge in [0, 0.05) is 11.1 Å². The number of carbonyl (C=O) groups is 1. The lowest BCUT2D eigenvalue weighted by molar-refractivity contribution is 0.0706. The topological polar surface area (TPSA) is 91.2 Å². The Morgan fingerprint density at radius 3 is 2.62 bits per heavy atom. The summed E-state index contributed by atoms with van der Waals surface area (Å²) in [5.41, 5.74) is 4.33. The largest absolute Gasteiger partial charge is 0.453 e. The maximum absolute atomic E-state index is 11.5. The second-order valence-electron chi connectivity index (χ2n) is 5.29. The van der Waals surface area contributed by atoms with Crippen molar-refractivity contribution < 1.29 is 14.4 Å². The van der Waals surface area contributed by atoms with Crippen LogP contribution in [0, 0.1) is 0 Å². The molecule has 3 N–H and O–H groups in total. The molecule has 0 atom stereocenters. The minimum atomic E-state index is -0.572. The predicted molar refractivity (Wildman–Crippen MR) is 88.5 cm³/mol. The first-order valence-corrected chi connectivity index (χ1v) is 7.34. The number of carbonyl (C=O) groups excluding carboxylic acids is 1. The number of H-pyrrole nitrogens is 1. The van der Waals surface area contributed by atoms with E-state index in [2.05, 4.69) is 9.97 Å². The van der Waals surface area contributed by atoms with Gasteiger partial charge in [-0.3, -0.25) is 10.0 Å². The third-order valence-corrected chi connectivity index (χ3v) is 3.74. The maximum atomic E-state index is 11.5. The van der Waals surface area contributed by atoms with Gasteiger partial charge in [0.25, 0.3) is 5.91 Å². The van der Waals surface area contributed by atoms with Gasteiger partial charge in [-0.25, -0.2) is 10.5 Å². The first kappa shape index (κ1) is 14.2. The Hall–Kier alpha value is -3.38. The van der Waals surface area contributed by atoms with Gasteiger partial charge in [0.15, 0.2) is 11.6 Å². The van der Waals surface area contributed by atoms with Gasteiger partial charge in [-0.2, -0.15) is 0 Å². The molecule has 4 aromatic rings. The second kappa shape index (κ2) is 5.68. The molecule has 0 unspecified atom stereocenters. The first-order chi connectivity index (χ1) is 11.7. The average molecular weight is 319 g/mol. The highest BCUT2D eigenvalue weighted by molar-refractivity contribution is 5.97. The molecular formula is C18H13N3O3. The Morgan fingerprint density at radius 1 is 1.04 bits per heavy atom. The third-order valence-electron chi connectivity index (χ3n) is 3.74. The van der Waals surface area contributed by atoms with E-state index in [1.165, 1.54) is 0 Å². The van der Waals surface area contributed by atoms with Crippen molar-refractivity contribution in [2.75, 3.05) is 0 Å². The lowest BCUT2D eigenvalue weighted by Gasteiger charge is -1.97. The number of aromatic amines is 1. The molecule has 2 aromatic carbocycles. The summed E-state index contributed by atoms with van der Waals surface area (Å²) >= 11 is 0. The fraction of sp³-hybridized carbons (Fsp3) is 0. The van der Waals surface area contributed by atoms with Gasteiger partial charge in [-0.05, 0) is 30.3 Å². The minimum absolute atomic E-state index is 0.338. The van der Waals surface area contributed by atoms with Crippen LogP contribution in [0.2, 0.25) is 0 Å².